The van der Waals surface area contributed by atoms with Gasteiger partial charge >= 0.3 is 6.01 Å². The average Bonchev–Trinajstić information content (AvgIpc) is 2.65. The number of alkyl halides is 1. The predicted octanol–water partition coefficient (Wildman–Crippen LogP) is 1.44. The number of unbranched alkanes of at least 4 members (excludes halogenated alkanes) is 1. The lowest BCUT2D eigenvalue weighted by Crippen LogP contribution is -2.10. The molecule has 1 heterocycles. The van der Waals surface area contributed by atoms with Crippen LogP contribution in [0.5, 0.6) is 0 Å². The van der Waals surface area contributed by atoms with Crippen LogP contribution in [-0.2, 0) is 4.79 Å². The summed E-state index contributed by atoms with van der Waals surface area (Å²) in [4.78, 5) is 10.5. The van der Waals surface area contributed by atoms with Crippen molar-refractivity contribution < 1.29 is 9.21 Å². The van der Waals surface area contributed by atoms with Crippen LogP contribution in [0.3, 0.4) is 0 Å². The number of rotatable bonds is 7. The van der Waals surface area contributed by atoms with Gasteiger partial charge in [-0.2, -0.15) is 0 Å². The number of aromatic nitrogens is 2. The largest absolute Gasteiger partial charge is 0.407 e. The van der Waals surface area contributed by atoms with E-state index >= 15 is 0 Å². The minimum absolute atomic E-state index is 0.281. The molecular formula is C9H15ClN4O2. The topological polar surface area (TPSA) is 94.0 Å². The zero-order chi connectivity index (χ0) is 12.0. The molecule has 90 valence electrons. The molecule has 0 saturated heterocycles. The molecule has 3 N–H and O–H groups in total. The van der Waals surface area contributed by atoms with Crippen LogP contribution >= 0.6 is 11.6 Å². The van der Waals surface area contributed by atoms with Crippen LogP contribution in [0.1, 0.15) is 37.5 Å². The highest BCUT2D eigenvalue weighted by molar-refractivity contribution is 6.20. The maximum Gasteiger partial charge on any atom is 0.315 e. The monoisotopic (exact) mass is 246 g/mol. The number of halogens is 1. The third-order valence-corrected chi connectivity index (χ3v) is 2.09. The molecule has 0 aromatic carbocycles. The normalized spacial score (nSPS) is 12.4. The first-order valence-corrected chi connectivity index (χ1v) is 5.53. The van der Waals surface area contributed by atoms with E-state index in [9.17, 15) is 4.79 Å². The Hall–Kier alpha value is -1.30. The van der Waals surface area contributed by atoms with E-state index in [0.717, 1.165) is 12.8 Å². The Balaban J connectivity index is 2.19. The molecule has 7 heteroatoms. The molecule has 0 aliphatic heterocycles. The van der Waals surface area contributed by atoms with Crippen molar-refractivity contribution in [2.24, 2.45) is 5.73 Å². The summed E-state index contributed by atoms with van der Waals surface area (Å²) < 4.78 is 5.22. The van der Waals surface area contributed by atoms with Crippen LogP contribution < -0.4 is 11.1 Å². The number of nitrogens with zero attached hydrogens (tertiary/aromatic N) is 2. The van der Waals surface area contributed by atoms with E-state index in [1.54, 1.807) is 6.92 Å². The number of carbonyl (C=O) groups is 1. The van der Waals surface area contributed by atoms with Crippen LogP contribution in [0, 0.1) is 0 Å². The lowest BCUT2D eigenvalue weighted by molar-refractivity contribution is -0.118. The molecule has 0 saturated carbocycles. The molecule has 1 aromatic rings. The molecule has 1 unspecified atom stereocenters. The molecular weight excluding hydrogens is 232 g/mol. The van der Waals surface area contributed by atoms with Crippen molar-refractivity contribution in [1.29, 1.82) is 0 Å². The summed E-state index contributed by atoms with van der Waals surface area (Å²) in [6, 6.07) is 0.349. The maximum absolute atomic E-state index is 10.5. The van der Waals surface area contributed by atoms with Gasteiger partial charge in [-0.3, -0.25) is 4.79 Å². The van der Waals surface area contributed by atoms with Gasteiger partial charge in [0.1, 0.15) is 5.38 Å². The van der Waals surface area contributed by atoms with Gasteiger partial charge in [0.2, 0.25) is 11.8 Å². The smallest absolute Gasteiger partial charge is 0.315 e. The van der Waals surface area contributed by atoms with Crippen LogP contribution in [0.4, 0.5) is 6.01 Å². The zero-order valence-corrected chi connectivity index (χ0v) is 9.83. The predicted molar refractivity (Wildman–Crippen MR) is 60.1 cm³/mol. The molecule has 1 amide bonds. The summed E-state index contributed by atoms with van der Waals surface area (Å²) in [5.41, 5.74) is 5.01. The Morgan fingerprint density at radius 2 is 2.31 bits per heavy atom. The lowest BCUT2D eigenvalue weighted by atomic mass is 10.2. The number of hydrogen-bond donors (Lipinski definition) is 2. The quantitative estimate of drug-likeness (QED) is 0.561. The Bertz CT molecular complexity index is 340. The fraction of sp³-hybridized carbons (Fsp3) is 0.667. The average molecular weight is 247 g/mol. The Kier molecular flexibility index (Phi) is 5.04. The maximum atomic E-state index is 10.5. The lowest BCUT2D eigenvalue weighted by Gasteiger charge is -1.99. The minimum atomic E-state index is -0.294. The minimum Gasteiger partial charge on any atom is -0.407 e. The van der Waals surface area contributed by atoms with E-state index < -0.39 is 0 Å². The van der Waals surface area contributed by atoms with Crippen molar-refractivity contribution in [3.8, 4) is 0 Å². The fourth-order valence-electron chi connectivity index (χ4n) is 1.09. The molecule has 1 aromatic heterocycles. The van der Waals surface area contributed by atoms with Gasteiger partial charge in [0.25, 0.3) is 0 Å². The first-order chi connectivity index (χ1) is 7.59. The Morgan fingerprint density at radius 1 is 1.56 bits per heavy atom. The standard InChI is InChI=1S/C9H15ClN4O2/c1-6(10)8-13-14-9(16-8)12-5-3-2-4-7(11)15/h6H,2-5H2,1H3,(H2,11,15)(H,12,14). The Morgan fingerprint density at radius 3 is 2.88 bits per heavy atom. The number of primary amides is 1. The summed E-state index contributed by atoms with van der Waals surface area (Å²) in [7, 11) is 0. The number of nitrogens with two attached hydrogens (primary N) is 1. The van der Waals surface area contributed by atoms with Gasteiger partial charge in [-0.15, -0.1) is 16.7 Å². The number of anilines is 1. The number of nitrogens with one attached hydrogen (secondary N) is 1. The van der Waals surface area contributed by atoms with Crippen molar-refractivity contribution in [3.63, 3.8) is 0 Å². The second kappa shape index (κ2) is 6.32. The molecule has 0 aliphatic rings. The van der Waals surface area contributed by atoms with Crippen LogP contribution in [0.25, 0.3) is 0 Å². The van der Waals surface area contributed by atoms with E-state index in [-0.39, 0.29) is 11.3 Å². The zero-order valence-electron chi connectivity index (χ0n) is 9.07. The number of amides is 1. The molecule has 0 bridgehead atoms. The molecule has 1 atom stereocenters. The van der Waals surface area contributed by atoms with Gasteiger partial charge < -0.3 is 15.5 Å². The summed E-state index contributed by atoms with van der Waals surface area (Å²) >= 11 is 5.76. The SMILES string of the molecule is CC(Cl)c1nnc(NCCCCC(N)=O)o1. The molecule has 0 radical (unpaired) electrons. The second-order valence-corrected chi connectivity index (χ2v) is 4.07. The molecule has 1 rings (SSSR count). The second-order valence-electron chi connectivity index (χ2n) is 3.41. The van der Waals surface area contributed by atoms with Crippen molar-refractivity contribution in [1.82, 2.24) is 10.2 Å². The fourth-order valence-corrected chi connectivity index (χ4v) is 1.17. The van der Waals surface area contributed by atoms with Crippen molar-refractivity contribution >= 4 is 23.5 Å². The van der Waals surface area contributed by atoms with Gasteiger partial charge in [0.15, 0.2) is 0 Å². The summed E-state index contributed by atoms with van der Waals surface area (Å²) in [5, 5.41) is 10.2. The molecule has 0 aliphatic carbocycles. The van der Waals surface area contributed by atoms with E-state index in [4.69, 9.17) is 21.8 Å². The van der Waals surface area contributed by atoms with E-state index in [0.29, 0.717) is 24.9 Å². The van der Waals surface area contributed by atoms with Gasteiger partial charge in [-0.05, 0) is 19.8 Å². The number of carbonyl (C=O) groups excluding carboxylic acids is 1. The summed E-state index contributed by atoms with van der Waals surface area (Å²) in [6.07, 6.45) is 1.96. The highest BCUT2D eigenvalue weighted by atomic mass is 35.5. The first-order valence-electron chi connectivity index (χ1n) is 5.09. The number of hydrogen-bond acceptors (Lipinski definition) is 5. The molecule has 0 fully saturated rings. The van der Waals surface area contributed by atoms with Crippen molar-refractivity contribution in [2.75, 3.05) is 11.9 Å². The van der Waals surface area contributed by atoms with Crippen molar-refractivity contribution in [3.05, 3.63) is 5.89 Å². The van der Waals surface area contributed by atoms with Crippen LogP contribution in [0.15, 0.2) is 4.42 Å². The third kappa shape index (κ3) is 4.48. The molecule has 6 nitrogen and oxygen atoms in total. The van der Waals surface area contributed by atoms with Gasteiger partial charge in [-0.1, -0.05) is 5.10 Å². The van der Waals surface area contributed by atoms with Crippen molar-refractivity contribution in [2.45, 2.75) is 31.6 Å². The summed E-state index contributed by atoms with van der Waals surface area (Å²) in [6.45, 7) is 2.41. The van der Waals surface area contributed by atoms with Gasteiger partial charge in [0.05, 0.1) is 0 Å². The van der Waals surface area contributed by atoms with Gasteiger partial charge in [-0.25, -0.2) is 0 Å². The first kappa shape index (κ1) is 12.8. The van der Waals surface area contributed by atoms with Crippen LogP contribution in [-0.4, -0.2) is 22.6 Å². The van der Waals surface area contributed by atoms with Gasteiger partial charge in [0, 0.05) is 13.0 Å². The van der Waals surface area contributed by atoms with E-state index in [1.807, 2.05) is 0 Å². The molecule has 0 spiro atoms. The van der Waals surface area contributed by atoms with E-state index in [1.165, 1.54) is 0 Å². The molecule has 16 heavy (non-hydrogen) atoms. The third-order valence-electron chi connectivity index (χ3n) is 1.91. The highest BCUT2D eigenvalue weighted by Gasteiger charge is 2.10. The Labute approximate surface area is 98.5 Å². The summed E-state index contributed by atoms with van der Waals surface area (Å²) in [5.74, 6) is 0.109. The van der Waals surface area contributed by atoms with Crippen LogP contribution in [0.2, 0.25) is 0 Å². The highest BCUT2D eigenvalue weighted by Crippen LogP contribution is 2.19. The van der Waals surface area contributed by atoms with E-state index in [2.05, 4.69) is 15.5 Å².